The Kier molecular flexibility index (Phi) is 1.60. The lowest BCUT2D eigenvalue weighted by Crippen LogP contribution is -2.19. The predicted octanol–water partition coefficient (Wildman–Crippen LogP) is 1.99. The SMILES string of the molecule is CC1CC(c2cnccn2)C1. The number of rotatable bonds is 1. The summed E-state index contributed by atoms with van der Waals surface area (Å²) in [6.45, 7) is 2.28. The second-order valence-corrected chi connectivity index (χ2v) is 3.40. The largest absolute Gasteiger partial charge is 0.261 e. The van der Waals surface area contributed by atoms with Crippen LogP contribution in [0.1, 0.15) is 31.4 Å². The van der Waals surface area contributed by atoms with Crippen LogP contribution in [-0.4, -0.2) is 9.97 Å². The molecule has 58 valence electrons. The molecule has 0 atom stereocenters. The maximum absolute atomic E-state index is 4.27. The molecule has 1 aromatic heterocycles. The molecular weight excluding hydrogens is 136 g/mol. The predicted molar refractivity (Wildman–Crippen MR) is 43.2 cm³/mol. The van der Waals surface area contributed by atoms with E-state index in [4.69, 9.17) is 0 Å². The number of aromatic nitrogens is 2. The summed E-state index contributed by atoms with van der Waals surface area (Å²) in [5, 5.41) is 0. The summed E-state index contributed by atoms with van der Waals surface area (Å²) in [5.74, 6) is 1.58. The Morgan fingerprint density at radius 3 is 2.73 bits per heavy atom. The highest BCUT2D eigenvalue weighted by Gasteiger charge is 2.27. The van der Waals surface area contributed by atoms with E-state index in [2.05, 4.69) is 16.9 Å². The van der Waals surface area contributed by atoms with Crippen molar-refractivity contribution in [2.75, 3.05) is 0 Å². The molecule has 1 aliphatic carbocycles. The summed E-state index contributed by atoms with van der Waals surface area (Å²) >= 11 is 0. The molecule has 2 heteroatoms. The first-order chi connectivity index (χ1) is 5.36. The monoisotopic (exact) mass is 148 g/mol. The molecule has 0 bridgehead atoms. The van der Waals surface area contributed by atoms with Crippen LogP contribution in [0.5, 0.6) is 0 Å². The van der Waals surface area contributed by atoms with Crippen LogP contribution >= 0.6 is 0 Å². The van der Waals surface area contributed by atoms with E-state index >= 15 is 0 Å². The zero-order valence-electron chi connectivity index (χ0n) is 6.70. The molecule has 11 heavy (non-hydrogen) atoms. The minimum absolute atomic E-state index is 0.693. The first-order valence-corrected chi connectivity index (χ1v) is 4.12. The van der Waals surface area contributed by atoms with Crippen LogP contribution in [0.4, 0.5) is 0 Å². The van der Waals surface area contributed by atoms with Crippen LogP contribution in [0.3, 0.4) is 0 Å². The molecule has 0 radical (unpaired) electrons. The third kappa shape index (κ3) is 1.25. The van der Waals surface area contributed by atoms with Gasteiger partial charge < -0.3 is 0 Å². The fraction of sp³-hybridized carbons (Fsp3) is 0.556. The van der Waals surface area contributed by atoms with E-state index < -0.39 is 0 Å². The van der Waals surface area contributed by atoms with Crippen LogP contribution < -0.4 is 0 Å². The molecule has 1 aliphatic rings. The van der Waals surface area contributed by atoms with Crippen LogP contribution in [0.25, 0.3) is 0 Å². The van der Waals surface area contributed by atoms with Gasteiger partial charge in [0, 0.05) is 24.5 Å². The maximum atomic E-state index is 4.27. The molecule has 1 fully saturated rings. The Bertz CT molecular complexity index is 227. The first-order valence-electron chi connectivity index (χ1n) is 4.12. The Labute approximate surface area is 66.7 Å². The van der Waals surface area contributed by atoms with Gasteiger partial charge in [-0.3, -0.25) is 9.97 Å². The molecular formula is C9H12N2. The third-order valence-electron chi connectivity index (χ3n) is 2.38. The molecule has 2 rings (SSSR count). The van der Waals surface area contributed by atoms with Crippen molar-refractivity contribution in [2.24, 2.45) is 5.92 Å². The van der Waals surface area contributed by atoms with Crippen LogP contribution in [-0.2, 0) is 0 Å². The zero-order chi connectivity index (χ0) is 7.68. The summed E-state index contributed by atoms with van der Waals surface area (Å²) in [6, 6.07) is 0. The fourth-order valence-electron chi connectivity index (χ4n) is 1.67. The maximum Gasteiger partial charge on any atom is 0.0617 e. The highest BCUT2D eigenvalue weighted by atomic mass is 14.8. The van der Waals surface area contributed by atoms with Gasteiger partial charge in [-0.2, -0.15) is 0 Å². The summed E-state index contributed by atoms with van der Waals surface area (Å²) in [7, 11) is 0. The molecule has 1 saturated carbocycles. The minimum Gasteiger partial charge on any atom is -0.261 e. The summed E-state index contributed by atoms with van der Waals surface area (Å²) in [5.41, 5.74) is 1.17. The molecule has 0 aliphatic heterocycles. The Balaban J connectivity index is 2.08. The smallest absolute Gasteiger partial charge is 0.0617 e. The van der Waals surface area contributed by atoms with Crippen LogP contribution in [0.2, 0.25) is 0 Å². The molecule has 0 N–H and O–H groups in total. The van der Waals surface area contributed by atoms with Crippen molar-refractivity contribution < 1.29 is 0 Å². The quantitative estimate of drug-likeness (QED) is 0.608. The van der Waals surface area contributed by atoms with Gasteiger partial charge >= 0.3 is 0 Å². The lowest BCUT2D eigenvalue weighted by molar-refractivity contribution is 0.283. The van der Waals surface area contributed by atoms with Gasteiger partial charge in [0.2, 0.25) is 0 Å². The average molecular weight is 148 g/mol. The van der Waals surface area contributed by atoms with E-state index in [1.807, 2.05) is 6.20 Å². The topological polar surface area (TPSA) is 25.8 Å². The van der Waals surface area contributed by atoms with Crippen molar-refractivity contribution in [3.63, 3.8) is 0 Å². The van der Waals surface area contributed by atoms with Crippen molar-refractivity contribution in [3.05, 3.63) is 24.3 Å². The highest BCUT2D eigenvalue weighted by molar-refractivity contribution is 5.07. The van der Waals surface area contributed by atoms with Crippen molar-refractivity contribution in [1.82, 2.24) is 9.97 Å². The highest BCUT2D eigenvalue weighted by Crippen LogP contribution is 2.39. The van der Waals surface area contributed by atoms with Crippen LogP contribution in [0, 0.1) is 5.92 Å². The molecule has 0 saturated heterocycles. The van der Waals surface area contributed by atoms with E-state index in [9.17, 15) is 0 Å². The van der Waals surface area contributed by atoms with Gasteiger partial charge in [0.15, 0.2) is 0 Å². The van der Waals surface area contributed by atoms with Gasteiger partial charge in [0.25, 0.3) is 0 Å². The lowest BCUT2D eigenvalue weighted by Gasteiger charge is -2.31. The van der Waals surface area contributed by atoms with Gasteiger partial charge in [0.1, 0.15) is 0 Å². The standard InChI is InChI=1S/C9H12N2/c1-7-4-8(5-7)9-6-10-2-3-11-9/h2-3,6-8H,4-5H2,1H3. The molecule has 0 amide bonds. The molecule has 2 nitrogen and oxygen atoms in total. The van der Waals surface area contributed by atoms with Crippen molar-refractivity contribution >= 4 is 0 Å². The third-order valence-corrected chi connectivity index (χ3v) is 2.38. The van der Waals surface area contributed by atoms with Gasteiger partial charge in [-0.25, -0.2) is 0 Å². The minimum atomic E-state index is 0.693. The van der Waals surface area contributed by atoms with Crippen molar-refractivity contribution in [3.8, 4) is 0 Å². The van der Waals surface area contributed by atoms with Crippen molar-refractivity contribution in [1.29, 1.82) is 0 Å². The lowest BCUT2D eigenvalue weighted by atomic mass is 9.74. The first kappa shape index (κ1) is 6.77. The van der Waals surface area contributed by atoms with E-state index in [-0.39, 0.29) is 0 Å². The van der Waals surface area contributed by atoms with E-state index in [1.165, 1.54) is 18.5 Å². The fourth-order valence-corrected chi connectivity index (χ4v) is 1.67. The van der Waals surface area contributed by atoms with Gasteiger partial charge in [-0.05, 0) is 18.8 Å². The normalized spacial score (nSPS) is 29.5. The second kappa shape index (κ2) is 2.61. The van der Waals surface area contributed by atoms with Gasteiger partial charge in [0.05, 0.1) is 5.69 Å². The molecule has 0 aromatic carbocycles. The van der Waals surface area contributed by atoms with E-state index in [0.717, 1.165) is 5.92 Å². The van der Waals surface area contributed by atoms with Gasteiger partial charge in [-0.15, -0.1) is 0 Å². The molecule has 1 heterocycles. The molecule has 0 spiro atoms. The molecule has 0 unspecified atom stereocenters. The Morgan fingerprint density at radius 2 is 2.18 bits per heavy atom. The summed E-state index contributed by atoms with van der Waals surface area (Å²) in [4.78, 5) is 8.32. The zero-order valence-corrected chi connectivity index (χ0v) is 6.70. The number of hydrogen-bond donors (Lipinski definition) is 0. The second-order valence-electron chi connectivity index (χ2n) is 3.40. The number of nitrogens with zero attached hydrogens (tertiary/aromatic N) is 2. The average Bonchev–Trinajstić information content (AvgIpc) is 2.01. The van der Waals surface area contributed by atoms with Crippen molar-refractivity contribution in [2.45, 2.75) is 25.7 Å². The number of hydrogen-bond acceptors (Lipinski definition) is 2. The summed E-state index contributed by atoms with van der Waals surface area (Å²) < 4.78 is 0. The van der Waals surface area contributed by atoms with Gasteiger partial charge in [-0.1, -0.05) is 6.92 Å². The van der Waals surface area contributed by atoms with E-state index in [1.54, 1.807) is 12.4 Å². The molecule has 1 aromatic rings. The summed E-state index contributed by atoms with van der Waals surface area (Å²) in [6.07, 6.45) is 7.97. The van der Waals surface area contributed by atoms with Crippen LogP contribution in [0.15, 0.2) is 18.6 Å². The Hall–Kier alpha value is -0.920. The Morgan fingerprint density at radius 1 is 1.36 bits per heavy atom. The van der Waals surface area contributed by atoms with E-state index in [0.29, 0.717) is 5.92 Å².